The van der Waals surface area contributed by atoms with Crippen LogP contribution in [-0.2, 0) is 23.9 Å². The molecule has 8 heteroatoms. The third-order valence-corrected chi connectivity index (χ3v) is 5.89. The largest absolute Gasteiger partial charge is 0.463 e. The molecule has 2 aliphatic rings. The van der Waals surface area contributed by atoms with Crippen LogP contribution in [0.3, 0.4) is 0 Å². The van der Waals surface area contributed by atoms with Gasteiger partial charge < -0.3 is 19.4 Å². The normalized spacial score (nSPS) is 19.5. The minimum Gasteiger partial charge on any atom is -0.463 e. The molecule has 0 aromatic heterocycles. The molecule has 0 bridgehead atoms. The fraction of sp³-hybridized carbons (Fsp3) is 0.478. The minimum atomic E-state index is -0.464. The number of ether oxygens (including phenoxy) is 1. The standard InChI is InChI=1S/C23H29N3O5/c1-4-31-23(30)22-16(2)26(20(28)14-19(22)18-8-6-5-7-9-18)15-21(29)25-12-10-24(11-13-25)17(3)27/h5-9,19H,4,10-15H2,1-3H3. The molecule has 0 N–H and O–H groups in total. The van der Waals surface area contributed by atoms with Crippen molar-refractivity contribution in [2.75, 3.05) is 39.3 Å². The van der Waals surface area contributed by atoms with Crippen LogP contribution < -0.4 is 0 Å². The summed E-state index contributed by atoms with van der Waals surface area (Å²) < 4.78 is 5.28. The van der Waals surface area contributed by atoms with Gasteiger partial charge in [0.1, 0.15) is 6.54 Å². The molecule has 0 saturated carbocycles. The highest BCUT2D eigenvalue weighted by atomic mass is 16.5. The van der Waals surface area contributed by atoms with E-state index in [2.05, 4.69) is 0 Å². The maximum atomic E-state index is 13.0. The van der Waals surface area contributed by atoms with Gasteiger partial charge in [-0.2, -0.15) is 0 Å². The van der Waals surface area contributed by atoms with Gasteiger partial charge in [0.25, 0.3) is 0 Å². The Morgan fingerprint density at radius 3 is 2.23 bits per heavy atom. The van der Waals surface area contributed by atoms with E-state index in [1.807, 2.05) is 30.3 Å². The van der Waals surface area contributed by atoms with Crippen molar-refractivity contribution in [3.05, 3.63) is 47.2 Å². The molecule has 0 radical (unpaired) electrons. The predicted molar refractivity (Wildman–Crippen MR) is 114 cm³/mol. The maximum absolute atomic E-state index is 13.0. The number of carbonyl (C=O) groups is 4. The number of hydrogen-bond donors (Lipinski definition) is 0. The minimum absolute atomic E-state index is 0.0110. The topological polar surface area (TPSA) is 87.2 Å². The van der Waals surface area contributed by atoms with Gasteiger partial charge in [0.2, 0.25) is 17.7 Å². The van der Waals surface area contributed by atoms with Crippen molar-refractivity contribution in [3.63, 3.8) is 0 Å². The van der Waals surface area contributed by atoms with Crippen molar-refractivity contribution in [3.8, 4) is 0 Å². The first kappa shape index (κ1) is 22.5. The van der Waals surface area contributed by atoms with E-state index in [1.54, 1.807) is 23.6 Å². The van der Waals surface area contributed by atoms with Crippen LogP contribution in [-0.4, -0.2) is 77.7 Å². The van der Waals surface area contributed by atoms with E-state index in [4.69, 9.17) is 4.74 Å². The van der Waals surface area contributed by atoms with Gasteiger partial charge >= 0.3 is 5.97 Å². The van der Waals surface area contributed by atoms with E-state index in [0.717, 1.165) is 5.56 Å². The van der Waals surface area contributed by atoms with Gasteiger partial charge in [-0.25, -0.2) is 4.79 Å². The molecule has 0 spiro atoms. The smallest absolute Gasteiger partial charge is 0.336 e. The summed E-state index contributed by atoms with van der Waals surface area (Å²) in [6, 6.07) is 9.40. The summed E-state index contributed by atoms with van der Waals surface area (Å²) in [4.78, 5) is 54.9. The highest BCUT2D eigenvalue weighted by Gasteiger charge is 2.38. The SMILES string of the molecule is CCOC(=O)C1=C(C)N(CC(=O)N2CCN(C(C)=O)CC2)C(=O)CC1c1ccccc1. The van der Waals surface area contributed by atoms with E-state index in [0.29, 0.717) is 37.4 Å². The predicted octanol–water partition coefficient (Wildman–Crippen LogP) is 1.53. The van der Waals surface area contributed by atoms with Gasteiger partial charge in [-0.3, -0.25) is 14.4 Å². The number of allylic oxidation sites excluding steroid dienone is 1. The lowest BCUT2D eigenvalue weighted by Gasteiger charge is -2.37. The number of rotatable bonds is 5. The Hall–Kier alpha value is -3.16. The molecule has 1 aromatic rings. The van der Waals surface area contributed by atoms with Crippen molar-refractivity contribution in [2.24, 2.45) is 0 Å². The third kappa shape index (κ3) is 4.95. The number of hydrogen-bond acceptors (Lipinski definition) is 5. The van der Waals surface area contributed by atoms with Gasteiger partial charge in [-0.1, -0.05) is 30.3 Å². The second-order valence-electron chi connectivity index (χ2n) is 7.75. The third-order valence-electron chi connectivity index (χ3n) is 5.89. The second-order valence-corrected chi connectivity index (χ2v) is 7.75. The zero-order chi connectivity index (χ0) is 22.5. The van der Waals surface area contributed by atoms with Crippen molar-refractivity contribution in [2.45, 2.75) is 33.1 Å². The molecule has 2 heterocycles. The van der Waals surface area contributed by atoms with E-state index in [1.165, 1.54) is 11.8 Å². The summed E-state index contributed by atoms with van der Waals surface area (Å²) in [5, 5.41) is 0. The molecule has 1 atom stereocenters. The molecule has 1 unspecified atom stereocenters. The molecule has 3 amide bonds. The number of piperazine rings is 1. The summed E-state index contributed by atoms with van der Waals surface area (Å²) in [6.45, 7) is 6.86. The molecule has 3 rings (SSSR count). The van der Waals surface area contributed by atoms with E-state index < -0.39 is 11.9 Å². The molecule has 31 heavy (non-hydrogen) atoms. The average Bonchev–Trinajstić information content (AvgIpc) is 2.76. The van der Waals surface area contributed by atoms with E-state index in [-0.39, 0.29) is 37.3 Å². The Kier molecular flexibility index (Phi) is 7.09. The molecule has 2 aliphatic heterocycles. The number of amides is 3. The Balaban J connectivity index is 1.82. The van der Waals surface area contributed by atoms with Crippen LogP contribution in [0.2, 0.25) is 0 Å². The summed E-state index contributed by atoms with van der Waals surface area (Å²) in [5.41, 5.74) is 1.74. The van der Waals surface area contributed by atoms with Gasteiger partial charge in [0, 0.05) is 51.1 Å². The summed E-state index contributed by atoms with van der Waals surface area (Å²) in [5.74, 6) is -1.28. The zero-order valence-corrected chi connectivity index (χ0v) is 18.3. The average molecular weight is 428 g/mol. The van der Waals surface area contributed by atoms with Crippen molar-refractivity contribution < 1.29 is 23.9 Å². The molecular weight excluding hydrogens is 398 g/mol. The lowest BCUT2D eigenvalue weighted by Crippen LogP contribution is -2.53. The monoisotopic (exact) mass is 427 g/mol. The van der Waals surface area contributed by atoms with Crippen LogP contribution in [0.25, 0.3) is 0 Å². The molecule has 1 aromatic carbocycles. The summed E-state index contributed by atoms with van der Waals surface area (Å²) in [6.07, 6.45) is 0.0981. The van der Waals surface area contributed by atoms with E-state index in [9.17, 15) is 19.2 Å². The van der Waals surface area contributed by atoms with Crippen LogP contribution in [0.5, 0.6) is 0 Å². The Morgan fingerprint density at radius 1 is 1.03 bits per heavy atom. The van der Waals surface area contributed by atoms with Crippen LogP contribution in [0.1, 0.15) is 38.7 Å². The highest BCUT2D eigenvalue weighted by Crippen LogP contribution is 2.37. The number of carbonyl (C=O) groups excluding carboxylic acids is 4. The second kappa shape index (κ2) is 9.76. The van der Waals surface area contributed by atoms with Crippen LogP contribution >= 0.6 is 0 Å². The first-order valence-electron chi connectivity index (χ1n) is 10.6. The highest BCUT2D eigenvalue weighted by molar-refractivity contribution is 5.97. The van der Waals surface area contributed by atoms with Crippen molar-refractivity contribution in [1.29, 1.82) is 0 Å². The fourth-order valence-corrected chi connectivity index (χ4v) is 4.15. The van der Waals surface area contributed by atoms with Gasteiger partial charge in [0.05, 0.1) is 12.2 Å². The lowest BCUT2D eigenvalue weighted by molar-refractivity contribution is -0.143. The Bertz CT molecular complexity index is 888. The molecule has 1 fully saturated rings. The molecular formula is C23H29N3O5. The molecule has 8 nitrogen and oxygen atoms in total. The summed E-state index contributed by atoms with van der Waals surface area (Å²) >= 11 is 0. The summed E-state index contributed by atoms with van der Waals surface area (Å²) in [7, 11) is 0. The van der Waals surface area contributed by atoms with Gasteiger partial charge in [-0.15, -0.1) is 0 Å². The van der Waals surface area contributed by atoms with Crippen molar-refractivity contribution >= 4 is 23.7 Å². The quantitative estimate of drug-likeness (QED) is 0.665. The number of esters is 1. The van der Waals surface area contributed by atoms with Crippen LogP contribution in [0.4, 0.5) is 0 Å². The maximum Gasteiger partial charge on any atom is 0.336 e. The van der Waals surface area contributed by atoms with Gasteiger partial charge in [0.15, 0.2) is 0 Å². The zero-order valence-electron chi connectivity index (χ0n) is 18.3. The Morgan fingerprint density at radius 2 is 1.65 bits per heavy atom. The number of nitrogens with zero attached hydrogens (tertiary/aromatic N) is 3. The van der Waals surface area contributed by atoms with Crippen molar-refractivity contribution in [1.82, 2.24) is 14.7 Å². The van der Waals surface area contributed by atoms with Crippen LogP contribution in [0, 0.1) is 0 Å². The van der Waals surface area contributed by atoms with E-state index >= 15 is 0 Å². The Labute approximate surface area is 182 Å². The first-order valence-corrected chi connectivity index (χ1v) is 10.6. The molecule has 166 valence electrons. The number of benzene rings is 1. The lowest BCUT2D eigenvalue weighted by atomic mass is 9.83. The molecule has 1 saturated heterocycles. The van der Waals surface area contributed by atoms with Gasteiger partial charge in [-0.05, 0) is 19.4 Å². The first-order chi connectivity index (χ1) is 14.8. The molecule has 0 aliphatic carbocycles. The van der Waals surface area contributed by atoms with Crippen LogP contribution in [0.15, 0.2) is 41.6 Å². The fourth-order valence-electron chi connectivity index (χ4n) is 4.15.